The Morgan fingerprint density at radius 2 is 1.50 bits per heavy atom. The normalized spacial score (nSPS) is 10.3. The number of carbonyl (C=O) groups excluding carboxylic acids is 2. The summed E-state index contributed by atoms with van der Waals surface area (Å²) in [4.78, 5) is 23.7. The maximum Gasteiger partial charge on any atom is 0.311 e. The van der Waals surface area contributed by atoms with Gasteiger partial charge in [0, 0.05) is 18.4 Å². The first-order chi connectivity index (χ1) is 12.7. The summed E-state index contributed by atoms with van der Waals surface area (Å²) in [6, 6.07) is 17.2. The maximum atomic E-state index is 12.1. The van der Waals surface area contributed by atoms with E-state index in [4.69, 9.17) is 9.47 Å². The van der Waals surface area contributed by atoms with E-state index < -0.39 is 0 Å². The summed E-state index contributed by atoms with van der Waals surface area (Å²) >= 11 is 0. The number of unbranched alkanes of at least 4 members (excludes halogenated alkanes) is 2. The Labute approximate surface area is 155 Å². The second kappa shape index (κ2) is 11.1. The lowest BCUT2D eigenvalue weighted by molar-refractivity contribution is -0.144. The first kappa shape index (κ1) is 19.7. The van der Waals surface area contributed by atoms with Crippen LogP contribution in [0.2, 0.25) is 0 Å². The van der Waals surface area contributed by atoms with E-state index in [1.54, 1.807) is 6.07 Å². The summed E-state index contributed by atoms with van der Waals surface area (Å²) in [7, 11) is 0. The number of hydrogen-bond acceptors (Lipinski definition) is 4. The molecule has 0 aromatic heterocycles. The lowest BCUT2D eigenvalue weighted by atomic mass is 10.1. The van der Waals surface area contributed by atoms with Crippen LogP contribution in [0.15, 0.2) is 54.6 Å². The molecule has 4 heteroatoms. The number of hydrogen-bond donors (Lipinski definition) is 0. The molecule has 2 aromatic rings. The minimum atomic E-state index is -0.341. The van der Waals surface area contributed by atoms with E-state index in [0.717, 1.165) is 30.4 Å². The number of para-hydroxylation sites is 1. The molecule has 26 heavy (non-hydrogen) atoms. The van der Waals surface area contributed by atoms with Crippen molar-refractivity contribution in [1.82, 2.24) is 0 Å². The van der Waals surface area contributed by atoms with Crippen molar-refractivity contribution >= 4 is 11.9 Å². The highest BCUT2D eigenvalue weighted by Gasteiger charge is 2.11. The highest BCUT2D eigenvalue weighted by Crippen LogP contribution is 2.29. The monoisotopic (exact) mass is 354 g/mol. The predicted molar refractivity (Wildman–Crippen MR) is 102 cm³/mol. The van der Waals surface area contributed by atoms with Crippen molar-refractivity contribution in [3.8, 4) is 16.9 Å². The molecule has 4 nitrogen and oxygen atoms in total. The quantitative estimate of drug-likeness (QED) is 0.336. The Bertz CT molecular complexity index is 694. The number of ether oxygens (including phenoxy) is 2. The average molecular weight is 354 g/mol. The first-order valence-electron chi connectivity index (χ1n) is 9.21. The summed E-state index contributed by atoms with van der Waals surface area (Å²) < 4.78 is 10.6. The highest BCUT2D eigenvalue weighted by molar-refractivity contribution is 5.78. The van der Waals surface area contributed by atoms with E-state index >= 15 is 0 Å². The zero-order chi connectivity index (χ0) is 18.6. The summed E-state index contributed by atoms with van der Waals surface area (Å²) in [6.45, 7) is 2.56. The molecule has 0 radical (unpaired) electrons. The van der Waals surface area contributed by atoms with Gasteiger partial charge in [-0.25, -0.2) is 0 Å². The Morgan fingerprint density at radius 3 is 2.27 bits per heavy atom. The van der Waals surface area contributed by atoms with Gasteiger partial charge < -0.3 is 9.47 Å². The summed E-state index contributed by atoms with van der Waals surface area (Å²) in [5.41, 5.74) is 1.86. The van der Waals surface area contributed by atoms with E-state index in [0.29, 0.717) is 18.8 Å². The predicted octanol–water partition coefficient (Wildman–Crippen LogP) is 5.16. The van der Waals surface area contributed by atoms with Crippen molar-refractivity contribution in [2.24, 2.45) is 0 Å². The van der Waals surface area contributed by atoms with E-state index in [9.17, 15) is 9.59 Å². The summed E-state index contributed by atoms with van der Waals surface area (Å²) in [5, 5.41) is 0. The standard InChI is InChI=1S/C22H26O4/c1-2-3-9-17-25-21(23)15-10-16-22(24)26-20-14-8-7-13-19(20)18-11-5-4-6-12-18/h4-8,11-14H,2-3,9-10,15-17H2,1H3. The van der Waals surface area contributed by atoms with Crippen LogP contribution >= 0.6 is 0 Å². The van der Waals surface area contributed by atoms with Gasteiger partial charge >= 0.3 is 11.9 Å². The largest absolute Gasteiger partial charge is 0.466 e. The molecule has 2 rings (SSSR count). The van der Waals surface area contributed by atoms with Crippen LogP contribution in [0.5, 0.6) is 5.75 Å². The molecule has 0 aliphatic rings. The third kappa shape index (κ3) is 6.71. The van der Waals surface area contributed by atoms with Crippen LogP contribution in [0.4, 0.5) is 0 Å². The van der Waals surface area contributed by atoms with Gasteiger partial charge in [0.2, 0.25) is 0 Å². The van der Waals surface area contributed by atoms with Gasteiger partial charge in [0.25, 0.3) is 0 Å². The van der Waals surface area contributed by atoms with E-state index in [1.807, 2.05) is 48.5 Å². The molecule has 0 aliphatic carbocycles. The second-order valence-electron chi connectivity index (χ2n) is 6.12. The SMILES string of the molecule is CCCCCOC(=O)CCCC(=O)Oc1ccccc1-c1ccccc1. The van der Waals surface area contributed by atoms with Gasteiger partial charge in [0.05, 0.1) is 6.61 Å². The van der Waals surface area contributed by atoms with Crippen LogP contribution in [-0.2, 0) is 14.3 Å². The van der Waals surface area contributed by atoms with Crippen LogP contribution in [0.25, 0.3) is 11.1 Å². The molecular formula is C22H26O4. The van der Waals surface area contributed by atoms with Crippen LogP contribution < -0.4 is 4.74 Å². The van der Waals surface area contributed by atoms with Gasteiger partial charge in [-0.3, -0.25) is 9.59 Å². The van der Waals surface area contributed by atoms with Crippen molar-refractivity contribution in [2.75, 3.05) is 6.61 Å². The van der Waals surface area contributed by atoms with Crippen LogP contribution in [0, 0.1) is 0 Å². The molecule has 0 spiro atoms. The third-order valence-electron chi connectivity index (χ3n) is 3.97. The van der Waals surface area contributed by atoms with Crippen molar-refractivity contribution in [3.63, 3.8) is 0 Å². The minimum absolute atomic E-state index is 0.188. The fourth-order valence-corrected chi connectivity index (χ4v) is 2.57. The van der Waals surface area contributed by atoms with Gasteiger partial charge in [0.15, 0.2) is 0 Å². The topological polar surface area (TPSA) is 52.6 Å². The fraction of sp³-hybridized carbons (Fsp3) is 0.364. The van der Waals surface area contributed by atoms with E-state index in [1.165, 1.54) is 0 Å². The third-order valence-corrected chi connectivity index (χ3v) is 3.97. The Morgan fingerprint density at radius 1 is 0.808 bits per heavy atom. The Hall–Kier alpha value is -2.62. The van der Waals surface area contributed by atoms with Crippen molar-refractivity contribution in [2.45, 2.75) is 45.4 Å². The number of rotatable bonds is 10. The molecule has 0 saturated carbocycles. The molecule has 138 valence electrons. The van der Waals surface area contributed by atoms with Gasteiger partial charge in [-0.1, -0.05) is 68.3 Å². The van der Waals surface area contributed by atoms with Crippen LogP contribution in [0.3, 0.4) is 0 Å². The Balaban J connectivity index is 1.79. The number of carbonyl (C=O) groups is 2. The maximum absolute atomic E-state index is 12.1. The molecular weight excluding hydrogens is 328 g/mol. The van der Waals surface area contributed by atoms with Crippen LogP contribution in [0.1, 0.15) is 45.4 Å². The lowest BCUT2D eigenvalue weighted by Crippen LogP contribution is -2.11. The highest BCUT2D eigenvalue weighted by atomic mass is 16.5. The first-order valence-corrected chi connectivity index (χ1v) is 9.21. The summed E-state index contributed by atoms with van der Waals surface area (Å²) in [6.07, 6.45) is 3.89. The zero-order valence-electron chi connectivity index (χ0n) is 15.3. The molecule has 0 saturated heterocycles. The minimum Gasteiger partial charge on any atom is -0.466 e. The van der Waals surface area contributed by atoms with E-state index in [2.05, 4.69) is 6.92 Å². The van der Waals surface area contributed by atoms with Gasteiger partial charge in [0.1, 0.15) is 5.75 Å². The second-order valence-corrected chi connectivity index (χ2v) is 6.12. The fourth-order valence-electron chi connectivity index (χ4n) is 2.57. The Kier molecular flexibility index (Phi) is 8.40. The molecule has 0 fully saturated rings. The smallest absolute Gasteiger partial charge is 0.311 e. The molecule has 0 atom stereocenters. The average Bonchev–Trinajstić information content (AvgIpc) is 2.66. The molecule has 0 unspecified atom stereocenters. The van der Waals surface area contributed by atoms with Crippen LogP contribution in [-0.4, -0.2) is 18.5 Å². The van der Waals surface area contributed by atoms with Crippen molar-refractivity contribution < 1.29 is 19.1 Å². The van der Waals surface area contributed by atoms with Gasteiger partial charge in [-0.15, -0.1) is 0 Å². The van der Waals surface area contributed by atoms with Gasteiger partial charge in [-0.05, 0) is 24.5 Å². The summed E-state index contributed by atoms with van der Waals surface area (Å²) in [5.74, 6) is -0.0587. The molecule has 0 amide bonds. The van der Waals surface area contributed by atoms with Gasteiger partial charge in [-0.2, -0.15) is 0 Å². The van der Waals surface area contributed by atoms with Crippen molar-refractivity contribution in [3.05, 3.63) is 54.6 Å². The molecule has 0 N–H and O–H groups in total. The molecule has 0 heterocycles. The van der Waals surface area contributed by atoms with Crippen molar-refractivity contribution in [1.29, 1.82) is 0 Å². The number of esters is 2. The number of benzene rings is 2. The molecule has 2 aromatic carbocycles. The van der Waals surface area contributed by atoms with E-state index in [-0.39, 0.29) is 24.8 Å². The molecule has 0 aliphatic heterocycles. The lowest BCUT2D eigenvalue weighted by Gasteiger charge is -2.10. The molecule has 0 bridgehead atoms. The zero-order valence-corrected chi connectivity index (χ0v) is 15.3.